The Morgan fingerprint density at radius 1 is 0.492 bits per heavy atom. The van der Waals surface area contributed by atoms with E-state index in [9.17, 15) is 5.11 Å². The molecule has 0 unspecified atom stereocenters. The predicted octanol–water partition coefficient (Wildman–Crippen LogP) is 14.5. The first-order chi connectivity index (χ1) is 28.9. The molecule has 0 atom stereocenters. The maximum atomic E-state index is 11.8. The van der Waals surface area contributed by atoms with E-state index in [0.29, 0.717) is 11.4 Å². The van der Waals surface area contributed by atoms with Crippen molar-refractivity contribution in [1.82, 2.24) is 14.5 Å². The molecule has 0 radical (unpaired) electrons. The Labute approximate surface area is 373 Å². The van der Waals surface area contributed by atoms with E-state index in [1.54, 1.807) is 0 Å². The molecule has 7 aromatic carbocycles. The van der Waals surface area contributed by atoms with Gasteiger partial charge in [0.1, 0.15) is 11.6 Å². The van der Waals surface area contributed by atoms with Gasteiger partial charge in [0.05, 0.1) is 22.3 Å². The zero-order chi connectivity index (χ0) is 41.6. The Morgan fingerprint density at radius 3 is 1.74 bits per heavy atom. The van der Waals surface area contributed by atoms with Crippen molar-refractivity contribution in [2.45, 2.75) is 52.4 Å². The van der Waals surface area contributed by atoms with Gasteiger partial charge in [-0.25, -0.2) is 4.98 Å². The van der Waals surface area contributed by atoms with E-state index < -0.39 is 0 Å². The molecule has 2 aromatic heterocycles. The fourth-order valence-electron chi connectivity index (χ4n) is 7.99. The summed E-state index contributed by atoms with van der Waals surface area (Å²) in [6, 6.07) is 62.9. The van der Waals surface area contributed by atoms with Gasteiger partial charge in [0.2, 0.25) is 0 Å². The van der Waals surface area contributed by atoms with Crippen LogP contribution in [0.2, 0.25) is 0 Å². The summed E-state index contributed by atoms with van der Waals surface area (Å²) in [5, 5.41) is 11.8. The molecule has 1 N–H and O–H groups in total. The number of phenols is 1. The molecule has 304 valence electrons. The molecule has 0 aliphatic heterocycles. The van der Waals surface area contributed by atoms with Crippen LogP contribution in [0.15, 0.2) is 176 Å². The van der Waals surface area contributed by atoms with Crippen LogP contribution in [0.4, 0.5) is 0 Å². The van der Waals surface area contributed by atoms with Crippen molar-refractivity contribution in [2.24, 2.45) is 0 Å². The largest absolute Gasteiger partial charge is 0.507 e. The third-order valence-corrected chi connectivity index (χ3v) is 11.4. The number of imidazole rings is 1. The molecule has 0 saturated heterocycles. The number of hydrogen-bond acceptors (Lipinski definition) is 3. The van der Waals surface area contributed by atoms with Gasteiger partial charge >= 0.3 is 0 Å². The number of benzene rings is 7. The van der Waals surface area contributed by atoms with E-state index in [1.807, 2.05) is 30.5 Å². The predicted molar refractivity (Wildman–Crippen MR) is 249 cm³/mol. The molecule has 0 amide bonds. The number of para-hydroxylation sites is 1. The standard InChI is InChI=1S/C56H48N3O.Pt/c1-55(2,3)44-26-27-52(60)48(36-44)54-58-53-47(42-30-43(32-45(31-42)56(4,5)6)49-34-40(28-29-57-49)37-18-10-7-11-19-37)33-41(38-20-12-8-13-21-38)35-51(53)59(54)50-25-17-16-24-46(50)39-22-14-9-15-23-39;/h7-29,31-36,60H,1-6H3;/q-1;. The second kappa shape index (κ2) is 16.6. The minimum absolute atomic E-state index is 0. The molecule has 5 heteroatoms. The summed E-state index contributed by atoms with van der Waals surface area (Å²) < 4.78 is 2.24. The molecule has 9 aromatic rings. The minimum atomic E-state index is -0.176. The number of hydrogen-bond donors (Lipinski definition) is 1. The molecule has 0 bridgehead atoms. The number of nitrogens with zero attached hydrogens (tertiary/aromatic N) is 3. The van der Waals surface area contributed by atoms with Crippen LogP contribution in [-0.4, -0.2) is 19.6 Å². The zero-order valence-electron chi connectivity index (χ0n) is 35.3. The molecule has 61 heavy (non-hydrogen) atoms. The molecule has 0 fully saturated rings. The van der Waals surface area contributed by atoms with Gasteiger partial charge in [0.25, 0.3) is 0 Å². The molecular formula is C56H48N3OPt-. The second-order valence-electron chi connectivity index (χ2n) is 17.6. The molecule has 0 saturated carbocycles. The summed E-state index contributed by atoms with van der Waals surface area (Å²) in [6.07, 6.45) is 1.89. The number of fused-ring (bicyclic) bond motifs is 1. The van der Waals surface area contributed by atoms with Gasteiger partial charge in [-0.05, 0) is 74.5 Å². The maximum Gasteiger partial charge on any atom is 0.148 e. The zero-order valence-corrected chi connectivity index (χ0v) is 37.6. The normalized spacial score (nSPS) is 11.7. The summed E-state index contributed by atoms with van der Waals surface area (Å²) in [5.74, 6) is 0.836. The first-order valence-corrected chi connectivity index (χ1v) is 20.6. The monoisotopic (exact) mass is 973 g/mol. The van der Waals surface area contributed by atoms with Gasteiger partial charge in [-0.2, -0.15) is 0 Å². The summed E-state index contributed by atoms with van der Waals surface area (Å²) in [4.78, 5) is 10.5. The number of aromatic nitrogens is 3. The van der Waals surface area contributed by atoms with Crippen LogP contribution in [0.25, 0.3) is 83.9 Å². The Balaban J connectivity index is 0.00000514. The molecule has 4 nitrogen and oxygen atoms in total. The van der Waals surface area contributed by atoms with Crippen molar-refractivity contribution in [3.05, 3.63) is 193 Å². The molecule has 2 heterocycles. The molecule has 0 aliphatic carbocycles. The van der Waals surface area contributed by atoms with Crippen molar-refractivity contribution >= 4 is 11.0 Å². The molecule has 0 aliphatic rings. The Kier molecular flexibility index (Phi) is 11.3. The van der Waals surface area contributed by atoms with Gasteiger partial charge < -0.3 is 5.11 Å². The fraction of sp³-hybridized carbons (Fsp3) is 0.143. The number of phenolic OH excluding ortho intramolecular Hbond substituents is 1. The summed E-state index contributed by atoms with van der Waals surface area (Å²) in [5.41, 5.74) is 15.5. The average molecular weight is 974 g/mol. The summed E-state index contributed by atoms with van der Waals surface area (Å²) >= 11 is 0. The van der Waals surface area contributed by atoms with E-state index in [-0.39, 0.29) is 37.6 Å². The quantitative estimate of drug-likeness (QED) is 0.162. The molecule has 9 rings (SSSR count). The van der Waals surface area contributed by atoms with E-state index in [0.717, 1.165) is 78.0 Å². The van der Waals surface area contributed by atoms with E-state index in [2.05, 4.69) is 198 Å². The van der Waals surface area contributed by atoms with Crippen LogP contribution < -0.4 is 0 Å². The third kappa shape index (κ3) is 8.26. The first-order valence-electron chi connectivity index (χ1n) is 20.6. The summed E-state index contributed by atoms with van der Waals surface area (Å²) in [7, 11) is 0. The maximum absolute atomic E-state index is 11.8. The van der Waals surface area contributed by atoms with Gasteiger partial charge in [-0.1, -0.05) is 180 Å². The topological polar surface area (TPSA) is 50.9 Å². The van der Waals surface area contributed by atoms with Crippen LogP contribution >= 0.6 is 0 Å². The first kappa shape index (κ1) is 41.4. The third-order valence-electron chi connectivity index (χ3n) is 11.4. The van der Waals surface area contributed by atoms with Crippen molar-refractivity contribution in [2.75, 3.05) is 0 Å². The van der Waals surface area contributed by atoms with Gasteiger partial charge in [0, 0.05) is 38.5 Å². The SMILES string of the molecule is CC(C)(C)c1cc(-c2cc(-c3ccccc3)ccn2)[c-]c(-c2cc(-c3ccccc3)cc3c2nc(-c2cc(C(C)(C)C)ccc2O)n3-c2ccccc2-c2ccccc2)c1.[Pt]. The smallest absolute Gasteiger partial charge is 0.148 e. The van der Waals surface area contributed by atoms with Crippen LogP contribution in [0.5, 0.6) is 5.75 Å². The van der Waals surface area contributed by atoms with E-state index >= 15 is 0 Å². The summed E-state index contributed by atoms with van der Waals surface area (Å²) in [6.45, 7) is 13.3. The number of aromatic hydroxyl groups is 1. The number of rotatable bonds is 7. The van der Waals surface area contributed by atoms with Crippen LogP contribution in [0.3, 0.4) is 0 Å². The van der Waals surface area contributed by atoms with Crippen molar-refractivity contribution in [1.29, 1.82) is 0 Å². The Bertz CT molecular complexity index is 2990. The molecule has 0 spiro atoms. The van der Waals surface area contributed by atoms with Gasteiger partial charge in [0.15, 0.2) is 0 Å². The average Bonchev–Trinajstić information content (AvgIpc) is 3.65. The fourth-order valence-corrected chi connectivity index (χ4v) is 7.99. The van der Waals surface area contributed by atoms with Crippen molar-refractivity contribution in [3.63, 3.8) is 0 Å². The second-order valence-corrected chi connectivity index (χ2v) is 17.6. The van der Waals surface area contributed by atoms with E-state index in [1.165, 1.54) is 5.56 Å². The van der Waals surface area contributed by atoms with E-state index in [4.69, 9.17) is 9.97 Å². The van der Waals surface area contributed by atoms with Crippen LogP contribution in [0, 0.1) is 6.07 Å². The van der Waals surface area contributed by atoms with Gasteiger partial charge in [-0.3, -0.25) is 9.55 Å². The van der Waals surface area contributed by atoms with Crippen molar-refractivity contribution < 1.29 is 26.2 Å². The minimum Gasteiger partial charge on any atom is -0.507 e. The molecular weight excluding hydrogens is 926 g/mol. The van der Waals surface area contributed by atoms with Gasteiger partial charge in [-0.15, -0.1) is 29.3 Å². The Morgan fingerprint density at radius 2 is 1.08 bits per heavy atom. The Hall–Kier alpha value is -6.35. The van der Waals surface area contributed by atoms with Crippen LogP contribution in [-0.2, 0) is 31.9 Å². The van der Waals surface area contributed by atoms with Crippen LogP contribution in [0.1, 0.15) is 52.7 Å². The van der Waals surface area contributed by atoms with Crippen molar-refractivity contribution in [3.8, 4) is 78.6 Å². The number of pyridine rings is 1.